The van der Waals surface area contributed by atoms with E-state index in [0.717, 1.165) is 29.6 Å². The fourth-order valence-electron chi connectivity index (χ4n) is 1.79. The molecule has 2 aromatic rings. The number of hydrogen-bond acceptors (Lipinski definition) is 5. The molecule has 0 spiro atoms. The number of rotatable bonds is 4. The standard InChI is InChI=1S/C13H18N4S/c1-8-6-18-7-11(8)5-15-13-9(2)12(14-4)16-10(3)17-13/h6-7H,5H2,1-4H3,(H2,14,15,16,17). The Morgan fingerprint density at radius 1 is 1.11 bits per heavy atom. The van der Waals surface area contributed by atoms with E-state index in [2.05, 4.69) is 38.3 Å². The van der Waals surface area contributed by atoms with Gasteiger partial charge in [0.1, 0.15) is 17.5 Å². The minimum absolute atomic E-state index is 0.773. The second-order valence-corrected chi connectivity index (χ2v) is 5.02. The lowest BCUT2D eigenvalue weighted by Crippen LogP contribution is -2.08. The van der Waals surface area contributed by atoms with Crippen LogP contribution in [0.4, 0.5) is 11.6 Å². The van der Waals surface area contributed by atoms with E-state index in [0.29, 0.717) is 0 Å². The molecule has 0 amide bonds. The van der Waals surface area contributed by atoms with Crippen molar-refractivity contribution in [3.63, 3.8) is 0 Å². The summed E-state index contributed by atoms with van der Waals surface area (Å²) in [6.07, 6.45) is 0. The van der Waals surface area contributed by atoms with Gasteiger partial charge < -0.3 is 10.6 Å². The van der Waals surface area contributed by atoms with Crippen molar-refractivity contribution >= 4 is 23.0 Å². The van der Waals surface area contributed by atoms with Crippen LogP contribution in [0.2, 0.25) is 0 Å². The quantitative estimate of drug-likeness (QED) is 0.889. The van der Waals surface area contributed by atoms with Crippen LogP contribution in [-0.2, 0) is 6.54 Å². The SMILES string of the molecule is CNc1nc(C)nc(NCc2cscc2C)c1C. The Bertz CT molecular complexity index is 548. The van der Waals surface area contributed by atoms with Crippen molar-refractivity contribution in [1.29, 1.82) is 0 Å². The molecular weight excluding hydrogens is 244 g/mol. The lowest BCUT2D eigenvalue weighted by Gasteiger charge is -2.12. The van der Waals surface area contributed by atoms with Gasteiger partial charge in [-0.05, 0) is 42.7 Å². The Kier molecular flexibility index (Phi) is 3.81. The minimum atomic E-state index is 0.773. The number of hydrogen-bond donors (Lipinski definition) is 2. The first-order valence-corrected chi connectivity index (χ1v) is 6.84. The monoisotopic (exact) mass is 262 g/mol. The summed E-state index contributed by atoms with van der Waals surface area (Å²) in [5, 5.41) is 10.8. The van der Waals surface area contributed by atoms with E-state index in [4.69, 9.17) is 0 Å². The molecule has 96 valence electrons. The zero-order valence-corrected chi connectivity index (χ0v) is 12.0. The van der Waals surface area contributed by atoms with Gasteiger partial charge in [0, 0.05) is 19.2 Å². The molecule has 2 heterocycles. The third-order valence-electron chi connectivity index (χ3n) is 2.90. The van der Waals surface area contributed by atoms with Crippen LogP contribution in [0.1, 0.15) is 22.5 Å². The minimum Gasteiger partial charge on any atom is -0.373 e. The number of aromatic nitrogens is 2. The molecular formula is C13H18N4S. The summed E-state index contributed by atoms with van der Waals surface area (Å²) in [6, 6.07) is 0. The number of aryl methyl sites for hydroxylation is 2. The van der Waals surface area contributed by atoms with E-state index in [1.165, 1.54) is 11.1 Å². The van der Waals surface area contributed by atoms with E-state index < -0.39 is 0 Å². The molecule has 2 aromatic heterocycles. The Balaban J connectivity index is 2.19. The highest BCUT2D eigenvalue weighted by molar-refractivity contribution is 7.08. The lowest BCUT2D eigenvalue weighted by atomic mass is 10.2. The van der Waals surface area contributed by atoms with E-state index >= 15 is 0 Å². The molecule has 0 atom stereocenters. The average molecular weight is 262 g/mol. The van der Waals surface area contributed by atoms with Crippen LogP contribution in [0.3, 0.4) is 0 Å². The van der Waals surface area contributed by atoms with Crippen molar-refractivity contribution in [3.8, 4) is 0 Å². The highest BCUT2D eigenvalue weighted by Gasteiger charge is 2.08. The van der Waals surface area contributed by atoms with Crippen molar-refractivity contribution in [1.82, 2.24) is 9.97 Å². The first-order valence-electron chi connectivity index (χ1n) is 5.90. The maximum Gasteiger partial charge on any atom is 0.135 e. The highest BCUT2D eigenvalue weighted by Crippen LogP contribution is 2.21. The molecule has 0 saturated heterocycles. The normalized spacial score (nSPS) is 10.4. The Morgan fingerprint density at radius 2 is 1.83 bits per heavy atom. The van der Waals surface area contributed by atoms with Gasteiger partial charge in [0.25, 0.3) is 0 Å². The summed E-state index contributed by atoms with van der Waals surface area (Å²) in [6.45, 7) is 6.86. The number of thiophene rings is 1. The van der Waals surface area contributed by atoms with Crippen LogP contribution in [0.15, 0.2) is 10.8 Å². The molecule has 0 aliphatic heterocycles. The molecule has 0 fully saturated rings. The van der Waals surface area contributed by atoms with Crippen LogP contribution in [0.5, 0.6) is 0 Å². The highest BCUT2D eigenvalue weighted by atomic mass is 32.1. The second-order valence-electron chi connectivity index (χ2n) is 4.28. The topological polar surface area (TPSA) is 49.8 Å². The Hall–Kier alpha value is -1.62. The van der Waals surface area contributed by atoms with E-state index in [9.17, 15) is 0 Å². The second kappa shape index (κ2) is 5.35. The van der Waals surface area contributed by atoms with Gasteiger partial charge in [-0.1, -0.05) is 0 Å². The number of nitrogens with one attached hydrogen (secondary N) is 2. The first kappa shape index (κ1) is 12.8. The molecule has 0 radical (unpaired) electrons. The van der Waals surface area contributed by atoms with Crippen LogP contribution in [0, 0.1) is 20.8 Å². The van der Waals surface area contributed by atoms with Gasteiger partial charge in [0.2, 0.25) is 0 Å². The number of nitrogens with zero attached hydrogens (tertiary/aromatic N) is 2. The van der Waals surface area contributed by atoms with Crippen LogP contribution >= 0.6 is 11.3 Å². The van der Waals surface area contributed by atoms with Gasteiger partial charge in [-0.25, -0.2) is 9.97 Å². The van der Waals surface area contributed by atoms with E-state index in [1.807, 2.05) is 20.9 Å². The molecule has 2 rings (SSSR count). The molecule has 0 aliphatic rings. The predicted molar refractivity (Wildman–Crippen MR) is 77.4 cm³/mol. The summed E-state index contributed by atoms with van der Waals surface area (Å²) >= 11 is 1.73. The lowest BCUT2D eigenvalue weighted by molar-refractivity contribution is 1.00. The van der Waals surface area contributed by atoms with E-state index in [1.54, 1.807) is 11.3 Å². The van der Waals surface area contributed by atoms with Gasteiger partial charge >= 0.3 is 0 Å². The smallest absolute Gasteiger partial charge is 0.135 e. The molecule has 0 aromatic carbocycles. The molecule has 5 heteroatoms. The Morgan fingerprint density at radius 3 is 2.44 bits per heavy atom. The molecule has 4 nitrogen and oxygen atoms in total. The van der Waals surface area contributed by atoms with Gasteiger partial charge in [0.15, 0.2) is 0 Å². The average Bonchev–Trinajstić information content (AvgIpc) is 2.75. The van der Waals surface area contributed by atoms with Gasteiger partial charge in [-0.3, -0.25) is 0 Å². The fourth-order valence-corrected chi connectivity index (χ4v) is 2.65. The van der Waals surface area contributed by atoms with Crippen molar-refractivity contribution in [2.45, 2.75) is 27.3 Å². The molecule has 2 N–H and O–H groups in total. The Labute approximate surface area is 111 Å². The maximum atomic E-state index is 4.45. The maximum absolute atomic E-state index is 4.45. The van der Waals surface area contributed by atoms with Crippen LogP contribution < -0.4 is 10.6 Å². The third kappa shape index (κ3) is 2.61. The number of anilines is 2. The summed E-state index contributed by atoms with van der Waals surface area (Å²) in [4.78, 5) is 8.81. The van der Waals surface area contributed by atoms with Crippen LogP contribution in [-0.4, -0.2) is 17.0 Å². The van der Waals surface area contributed by atoms with Crippen molar-refractivity contribution in [2.75, 3.05) is 17.7 Å². The van der Waals surface area contributed by atoms with Crippen molar-refractivity contribution in [3.05, 3.63) is 33.3 Å². The van der Waals surface area contributed by atoms with E-state index in [-0.39, 0.29) is 0 Å². The molecule has 0 saturated carbocycles. The summed E-state index contributed by atoms with van der Waals surface area (Å²) in [7, 11) is 1.88. The van der Waals surface area contributed by atoms with Crippen LogP contribution in [0.25, 0.3) is 0 Å². The molecule has 0 aliphatic carbocycles. The summed E-state index contributed by atoms with van der Waals surface area (Å²) in [5.41, 5.74) is 3.70. The summed E-state index contributed by atoms with van der Waals surface area (Å²) < 4.78 is 0. The third-order valence-corrected chi connectivity index (χ3v) is 3.81. The molecule has 0 unspecified atom stereocenters. The van der Waals surface area contributed by atoms with Crippen molar-refractivity contribution in [2.24, 2.45) is 0 Å². The van der Waals surface area contributed by atoms with Gasteiger partial charge in [0.05, 0.1) is 0 Å². The van der Waals surface area contributed by atoms with Gasteiger partial charge in [-0.15, -0.1) is 0 Å². The summed E-state index contributed by atoms with van der Waals surface area (Å²) in [5.74, 6) is 2.55. The van der Waals surface area contributed by atoms with Gasteiger partial charge in [-0.2, -0.15) is 11.3 Å². The zero-order valence-electron chi connectivity index (χ0n) is 11.2. The first-order chi connectivity index (χ1) is 8.61. The zero-order chi connectivity index (χ0) is 13.1. The predicted octanol–water partition coefficient (Wildman–Crippen LogP) is 3.12. The largest absolute Gasteiger partial charge is 0.373 e. The molecule has 18 heavy (non-hydrogen) atoms. The van der Waals surface area contributed by atoms with Crippen molar-refractivity contribution < 1.29 is 0 Å². The fraction of sp³-hybridized carbons (Fsp3) is 0.385. The molecule has 0 bridgehead atoms.